The van der Waals surface area contributed by atoms with Crippen molar-refractivity contribution in [3.8, 4) is 5.75 Å². The Morgan fingerprint density at radius 2 is 2.21 bits per heavy atom. The van der Waals surface area contributed by atoms with Crippen molar-refractivity contribution in [1.29, 1.82) is 0 Å². The summed E-state index contributed by atoms with van der Waals surface area (Å²) in [5.74, 6) is 0.842. The van der Waals surface area contributed by atoms with Crippen molar-refractivity contribution in [2.75, 3.05) is 31.7 Å². The first kappa shape index (κ1) is 14.3. The Morgan fingerprint density at radius 1 is 1.47 bits per heavy atom. The molecule has 2 rings (SSSR count). The Hall–Kier alpha value is -1.07. The number of carbonyl (C=O) groups excluding carboxylic acids is 1. The second kappa shape index (κ2) is 6.91. The zero-order valence-corrected chi connectivity index (χ0v) is 12.6. The summed E-state index contributed by atoms with van der Waals surface area (Å²) in [6.45, 7) is 4.40. The first-order valence-corrected chi connectivity index (χ1v) is 7.56. The maximum absolute atomic E-state index is 12.4. The van der Waals surface area contributed by atoms with E-state index in [4.69, 9.17) is 9.47 Å². The minimum atomic E-state index is 0.0517. The molecule has 104 valence electrons. The van der Waals surface area contributed by atoms with Crippen molar-refractivity contribution in [2.45, 2.75) is 13.0 Å². The van der Waals surface area contributed by atoms with Crippen LogP contribution in [0.15, 0.2) is 24.3 Å². The highest BCUT2D eigenvalue weighted by molar-refractivity contribution is 9.09. The van der Waals surface area contributed by atoms with Gasteiger partial charge in [-0.05, 0) is 31.2 Å². The van der Waals surface area contributed by atoms with E-state index >= 15 is 0 Å². The molecule has 4 nitrogen and oxygen atoms in total. The van der Waals surface area contributed by atoms with Gasteiger partial charge in [0.15, 0.2) is 0 Å². The molecule has 0 aromatic heterocycles. The van der Waals surface area contributed by atoms with Crippen LogP contribution in [0, 0.1) is 0 Å². The minimum absolute atomic E-state index is 0.0517. The molecular formula is C14H18BrNO3. The summed E-state index contributed by atoms with van der Waals surface area (Å²) in [6.07, 6.45) is 0. The molecule has 1 aliphatic heterocycles. The topological polar surface area (TPSA) is 38.8 Å². The van der Waals surface area contributed by atoms with Crippen LogP contribution in [0.4, 0.5) is 0 Å². The van der Waals surface area contributed by atoms with Crippen LogP contribution in [-0.2, 0) is 4.74 Å². The molecule has 1 heterocycles. The fourth-order valence-electron chi connectivity index (χ4n) is 2.08. The van der Waals surface area contributed by atoms with Crippen molar-refractivity contribution in [3.63, 3.8) is 0 Å². The second-order valence-electron chi connectivity index (χ2n) is 4.34. The Balaban J connectivity index is 2.09. The molecule has 1 amide bonds. The molecule has 0 saturated carbocycles. The van der Waals surface area contributed by atoms with Gasteiger partial charge < -0.3 is 14.4 Å². The third kappa shape index (κ3) is 3.48. The number of amides is 1. The predicted octanol–water partition coefficient (Wildman–Crippen LogP) is 2.32. The van der Waals surface area contributed by atoms with E-state index in [9.17, 15) is 4.79 Å². The fourth-order valence-corrected chi connectivity index (χ4v) is 2.61. The minimum Gasteiger partial charge on any atom is -0.494 e. The molecule has 1 unspecified atom stereocenters. The van der Waals surface area contributed by atoms with E-state index in [0.717, 1.165) is 11.1 Å². The Labute approximate surface area is 121 Å². The van der Waals surface area contributed by atoms with Gasteiger partial charge in [0.2, 0.25) is 0 Å². The molecular weight excluding hydrogens is 310 g/mol. The van der Waals surface area contributed by atoms with Crippen molar-refractivity contribution in [2.24, 2.45) is 0 Å². The fraction of sp³-hybridized carbons (Fsp3) is 0.500. The van der Waals surface area contributed by atoms with Gasteiger partial charge in [0.1, 0.15) is 5.75 Å². The molecule has 5 heteroatoms. The smallest absolute Gasteiger partial charge is 0.254 e. The number of carbonyl (C=O) groups is 1. The third-order valence-corrected chi connectivity index (χ3v) is 3.83. The van der Waals surface area contributed by atoms with Gasteiger partial charge in [-0.2, -0.15) is 0 Å². The van der Waals surface area contributed by atoms with Gasteiger partial charge in [0, 0.05) is 17.4 Å². The summed E-state index contributed by atoms with van der Waals surface area (Å²) in [4.78, 5) is 14.3. The lowest BCUT2D eigenvalue weighted by Gasteiger charge is -2.34. The number of alkyl halides is 1. The van der Waals surface area contributed by atoms with E-state index in [1.807, 2.05) is 36.1 Å². The first-order valence-electron chi connectivity index (χ1n) is 6.43. The van der Waals surface area contributed by atoms with Crippen LogP contribution in [-0.4, -0.2) is 48.5 Å². The average Bonchev–Trinajstić information content (AvgIpc) is 2.47. The molecule has 1 aliphatic rings. The van der Waals surface area contributed by atoms with Gasteiger partial charge in [0.25, 0.3) is 5.91 Å². The van der Waals surface area contributed by atoms with Gasteiger partial charge in [-0.25, -0.2) is 0 Å². The number of benzene rings is 1. The highest BCUT2D eigenvalue weighted by atomic mass is 79.9. The molecule has 1 fully saturated rings. The lowest BCUT2D eigenvalue weighted by atomic mass is 10.1. The van der Waals surface area contributed by atoms with E-state index in [-0.39, 0.29) is 11.9 Å². The van der Waals surface area contributed by atoms with E-state index in [1.165, 1.54) is 0 Å². The molecule has 0 spiro atoms. The van der Waals surface area contributed by atoms with Gasteiger partial charge in [-0.3, -0.25) is 4.79 Å². The van der Waals surface area contributed by atoms with E-state index in [1.54, 1.807) is 0 Å². The average molecular weight is 328 g/mol. The zero-order valence-electron chi connectivity index (χ0n) is 11.0. The third-order valence-electron chi connectivity index (χ3n) is 3.08. The number of nitrogens with zero attached hydrogens (tertiary/aromatic N) is 1. The molecule has 19 heavy (non-hydrogen) atoms. The molecule has 0 bridgehead atoms. The van der Waals surface area contributed by atoms with Crippen molar-refractivity contribution in [1.82, 2.24) is 4.90 Å². The Bertz CT molecular complexity index is 421. The molecule has 1 saturated heterocycles. The van der Waals surface area contributed by atoms with E-state index in [0.29, 0.717) is 31.9 Å². The van der Waals surface area contributed by atoms with Crippen LogP contribution in [0.2, 0.25) is 0 Å². The molecule has 0 N–H and O–H groups in total. The zero-order chi connectivity index (χ0) is 13.7. The largest absolute Gasteiger partial charge is 0.494 e. The normalized spacial score (nSPS) is 19.3. The first-order chi connectivity index (χ1) is 9.26. The molecule has 1 aromatic rings. The maximum atomic E-state index is 12.4. The van der Waals surface area contributed by atoms with Crippen LogP contribution < -0.4 is 4.74 Å². The molecule has 1 aromatic carbocycles. The van der Waals surface area contributed by atoms with Gasteiger partial charge in [-0.1, -0.05) is 15.9 Å². The van der Waals surface area contributed by atoms with Crippen LogP contribution >= 0.6 is 15.9 Å². The molecule has 0 aliphatic carbocycles. The second-order valence-corrected chi connectivity index (χ2v) is 4.99. The molecule has 0 radical (unpaired) electrons. The number of morpholine rings is 1. The van der Waals surface area contributed by atoms with E-state index < -0.39 is 0 Å². The predicted molar refractivity (Wildman–Crippen MR) is 77.0 cm³/mol. The summed E-state index contributed by atoms with van der Waals surface area (Å²) in [7, 11) is 0. The number of halogens is 1. The lowest BCUT2D eigenvalue weighted by Crippen LogP contribution is -2.49. The maximum Gasteiger partial charge on any atom is 0.254 e. The number of ether oxygens (including phenoxy) is 2. The quantitative estimate of drug-likeness (QED) is 0.797. The van der Waals surface area contributed by atoms with Crippen LogP contribution in [0.1, 0.15) is 17.3 Å². The number of hydrogen-bond donors (Lipinski definition) is 0. The number of hydrogen-bond acceptors (Lipinski definition) is 3. The van der Waals surface area contributed by atoms with Gasteiger partial charge in [-0.15, -0.1) is 0 Å². The molecule has 1 atom stereocenters. The summed E-state index contributed by atoms with van der Waals surface area (Å²) >= 11 is 3.43. The lowest BCUT2D eigenvalue weighted by molar-refractivity contribution is 0.00525. The SMILES string of the molecule is CCOc1ccc(C(=O)N2CCOCC2CBr)cc1. The van der Waals surface area contributed by atoms with Crippen molar-refractivity contribution < 1.29 is 14.3 Å². The Morgan fingerprint density at radius 3 is 2.84 bits per heavy atom. The van der Waals surface area contributed by atoms with Crippen molar-refractivity contribution in [3.05, 3.63) is 29.8 Å². The highest BCUT2D eigenvalue weighted by Crippen LogP contribution is 2.17. The Kier molecular flexibility index (Phi) is 5.22. The monoisotopic (exact) mass is 327 g/mol. The highest BCUT2D eigenvalue weighted by Gasteiger charge is 2.27. The van der Waals surface area contributed by atoms with Gasteiger partial charge >= 0.3 is 0 Å². The summed E-state index contributed by atoms with van der Waals surface area (Å²) in [5.41, 5.74) is 0.691. The summed E-state index contributed by atoms with van der Waals surface area (Å²) < 4.78 is 10.8. The number of rotatable bonds is 4. The summed E-state index contributed by atoms with van der Waals surface area (Å²) in [6, 6.07) is 7.40. The van der Waals surface area contributed by atoms with Crippen LogP contribution in [0.5, 0.6) is 5.75 Å². The van der Waals surface area contributed by atoms with Crippen molar-refractivity contribution >= 4 is 21.8 Å². The van der Waals surface area contributed by atoms with E-state index in [2.05, 4.69) is 15.9 Å². The summed E-state index contributed by atoms with van der Waals surface area (Å²) in [5, 5.41) is 0.732. The van der Waals surface area contributed by atoms with Crippen LogP contribution in [0.3, 0.4) is 0 Å². The van der Waals surface area contributed by atoms with Crippen LogP contribution in [0.25, 0.3) is 0 Å². The standard InChI is InChI=1S/C14H18BrNO3/c1-2-19-13-5-3-11(4-6-13)14(17)16-7-8-18-10-12(16)9-15/h3-6,12H,2,7-10H2,1H3. The van der Waals surface area contributed by atoms with Gasteiger partial charge in [0.05, 0.1) is 25.9 Å².